The summed E-state index contributed by atoms with van der Waals surface area (Å²) in [5, 5.41) is 0. The van der Waals surface area contributed by atoms with Crippen LogP contribution in [0.25, 0.3) is 0 Å². The Morgan fingerprint density at radius 3 is 2.39 bits per heavy atom. The molecule has 0 aliphatic heterocycles. The second-order valence-electron chi connectivity index (χ2n) is 4.43. The van der Waals surface area contributed by atoms with Crippen molar-refractivity contribution in [2.24, 2.45) is 0 Å². The molecule has 0 bridgehead atoms. The third kappa shape index (κ3) is 3.10. The van der Waals surface area contributed by atoms with Gasteiger partial charge in [0.25, 0.3) is 0 Å². The van der Waals surface area contributed by atoms with E-state index in [0.29, 0.717) is 12.1 Å². The van der Waals surface area contributed by atoms with Gasteiger partial charge in [-0.2, -0.15) is 0 Å². The molecule has 0 atom stereocenters. The SMILES string of the molecule is Cc1ccc(N(C)Cc2ccc(Br)cc2F)cc1. The molecule has 0 saturated carbocycles. The first-order chi connectivity index (χ1) is 8.56. The third-order valence-corrected chi connectivity index (χ3v) is 3.39. The topological polar surface area (TPSA) is 3.24 Å². The predicted octanol–water partition coefficient (Wildman–Crippen LogP) is 4.53. The van der Waals surface area contributed by atoms with E-state index in [1.165, 1.54) is 11.6 Å². The van der Waals surface area contributed by atoms with Crippen LogP contribution in [0.3, 0.4) is 0 Å². The minimum atomic E-state index is -0.177. The molecule has 0 spiro atoms. The van der Waals surface area contributed by atoms with Crippen molar-refractivity contribution in [2.45, 2.75) is 13.5 Å². The summed E-state index contributed by atoms with van der Waals surface area (Å²) in [7, 11) is 1.96. The number of aryl methyl sites for hydroxylation is 1. The number of rotatable bonds is 3. The third-order valence-electron chi connectivity index (χ3n) is 2.90. The molecule has 1 nitrogen and oxygen atoms in total. The molecule has 0 amide bonds. The van der Waals surface area contributed by atoms with Crippen molar-refractivity contribution in [3.05, 3.63) is 63.9 Å². The van der Waals surface area contributed by atoms with Crippen molar-refractivity contribution >= 4 is 21.6 Å². The molecular formula is C15H15BrFN. The van der Waals surface area contributed by atoms with Crippen molar-refractivity contribution in [3.63, 3.8) is 0 Å². The van der Waals surface area contributed by atoms with Crippen LogP contribution in [0.5, 0.6) is 0 Å². The van der Waals surface area contributed by atoms with Crippen LogP contribution in [-0.2, 0) is 6.54 Å². The van der Waals surface area contributed by atoms with Gasteiger partial charge in [0.15, 0.2) is 0 Å². The lowest BCUT2D eigenvalue weighted by molar-refractivity contribution is 0.607. The van der Waals surface area contributed by atoms with Gasteiger partial charge in [-0.1, -0.05) is 39.7 Å². The minimum Gasteiger partial charge on any atom is -0.370 e. The number of halogens is 2. The van der Waals surface area contributed by atoms with Gasteiger partial charge < -0.3 is 4.90 Å². The maximum atomic E-state index is 13.7. The Hall–Kier alpha value is -1.35. The molecule has 0 N–H and O–H groups in total. The lowest BCUT2D eigenvalue weighted by atomic mass is 10.1. The summed E-state index contributed by atoms with van der Waals surface area (Å²) < 4.78 is 14.5. The monoisotopic (exact) mass is 307 g/mol. The first-order valence-electron chi connectivity index (χ1n) is 5.78. The summed E-state index contributed by atoms with van der Waals surface area (Å²) in [5.74, 6) is -0.177. The van der Waals surface area contributed by atoms with E-state index in [1.54, 1.807) is 0 Å². The number of hydrogen-bond acceptors (Lipinski definition) is 1. The molecule has 0 radical (unpaired) electrons. The van der Waals surface area contributed by atoms with Crippen LogP contribution in [0, 0.1) is 12.7 Å². The Labute approximate surface area is 115 Å². The zero-order valence-corrected chi connectivity index (χ0v) is 12.0. The summed E-state index contributed by atoms with van der Waals surface area (Å²) in [6.07, 6.45) is 0. The van der Waals surface area contributed by atoms with E-state index in [0.717, 1.165) is 10.2 Å². The highest BCUT2D eigenvalue weighted by Crippen LogP contribution is 2.20. The summed E-state index contributed by atoms with van der Waals surface area (Å²) >= 11 is 3.26. The number of benzene rings is 2. The average molecular weight is 308 g/mol. The molecule has 0 saturated heterocycles. The van der Waals surface area contributed by atoms with Crippen LogP contribution in [0.4, 0.5) is 10.1 Å². The van der Waals surface area contributed by atoms with Gasteiger partial charge in [0, 0.05) is 29.3 Å². The molecule has 2 aromatic carbocycles. The summed E-state index contributed by atoms with van der Waals surface area (Å²) in [6, 6.07) is 13.4. The highest BCUT2D eigenvalue weighted by molar-refractivity contribution is 9.10. The Kier molecular flexibility index (Phi) is 4.02. The highest BCUT2D eigenvalue weighted by atomic mass is 79.9. The van der Waals surface area contributed by atoms with Crippen molar-refractivity contribution in [2.75, 3.05) is 11.9 Å². The van der Waals surface area contributed by atoms with Crippen LogP contribution >= 0.6 is 15.9 Å². The smallest absolute Gasteiger partial charge is 0.129 e. The fourth-order valence-corrected chi connectivity index (χ4v) is 2.13. The van der Waals surface area contributed by atoms with Crippen molar-refractivity contribution < 1.29 is 4.39 Å². The van der Waals surface area contributed by atoms with Gasteiger partial charge in [0.2, 0.25) is 0 Å². The first-order valence-corrected chi connectivity index (χ1v) is 6.57. The number of nitrogens with zero attached hydrogens (tertiary/aromatic N) is 1. The Morgan fingerprint density at radius 1 is 1.11 bits per heavy atom. The van der Waals surface area contributed by atoms with E-state index in [1.807, 2.05) is 36.2 Å². The van der Waals surface area contributed by atoms with Crippen molar-refractivity contribution in [1.82, 2.24) is 0 Å². The molecule has 94 valence electrons. The van der Waals surface area contributed by atoms with Gasteiger partial charge in [-0.05, 0) is 31.2 Å². The summed E-state index contributed by atoms with van der Waals surface area (Å²) in [5.41, 5.74) is 3.01. The molecule has 18 heavy (non-hydrogen) atoms. The van der Waals surface area contributed by atoms with Crippen LogP contribution in [0.2, 0.25) is 0 Å². The molecule has 2 rings (SSSR count). The minimum absolute atomic E-state index is 0.177. The van der Waals surface area contributed by atoms with E-state index in [2.05, 4.69) is 35.0 Å². The van der Waals surface area contributed by atoms with Gasteiger partial charge >= 0.3 is 0 Å². The lowest BCUT2D eigenvalue weighted by Gasteiger charge is -2.20. The number of hydrogen-bond donors (Lipinski definition) is 0. The lowest BCUT2D eigenvalue weighted by Crippen LogP contribution is -2.17. The van der Waals surface area contributed by atoms with Crippen LogP contribution in [-0.4, -0.2) is 7.05 Å². The molecular weight excluding hydrogens is 293 g/mol. The van der Waals surface area contributed by atoms with E-state index in [9.17, 15) is 4.39 Å². The van der Waals surface area contributed by atoms with Crippen LogP contribution < -0.4 is 4.90 Å². The molecule has 3 heteroatoms. The number of anilines is 1. The molecule has 0 aromatic heterocycles. The first kappa shape index (κ1) is 13.1. The maximum Gasteiger partial charge on any atom is 0.129 e. The molecule has 0 fully saturated rings. The van der Waals surface area contributed by atoms with Gasteiger partial charge in [-0.25, -0.2) is 4.39 Å². The summed E-state index contributed by atoms with van der Waals surface area (Å²) in [6.45, 7) is 2.61. The largest absolute Gasteiger partial charge is 0.370 e. The maximum absolute atomic E-state index is 13.7. The second kappa shape index (κ2) is 5.53. The normalized spacial score (nSPS) is 10.4. The fourth-order valence-electron chi connectivity index (χ4n) is 1.80. The molecule has 0 aliphatic rings. The van der Waals surface area contributed by atoms with Gasteiger partial charge in [0.1, 0.15) is 5.82 Å². The summed E-state index contributed by atoms with van der Waals surface area (Å²) in [4.78, 5) is 2.03. The zero-order chi connectivity index (χ0) is 13.1. The second-order valence-corrected chi connectivity index (χ2v) is 5.34. The van der Waals surface area contributed by atoms with Gasteiger partial charge in [0.05, 0.1) is 0 Å². The Morgan fingerprint density at radius 2 is 1.78 bits per heavy atom. The Bertz CT molecular complexity index is 537. The quantitative estimate of drug-likeness (QED) is 0.805. The van der Waals surface area contributed by atoms with E-state index >= 15 is 0 Å². The van der Waals surface area contributed by atoms with E-state index < -0.39 is 0 Å². The standard InChI is InChI=1S/C15H15BrFN/c1-11-3-7-14(8-4-11)18(2)10-12-5-6-13(16)9-15(12)17/h3-9H,10H2,1-2H3. The zero-order valence-electron chi connectivity index (χ0n) is 10.5. The average Bonchev–Trinajstić information content (AvgIpc) is 2.33. The fraction of sp³-hybridized carbons (Fsp3) is 0.200. The predicted molar refractivity (Wildman–Crippen MR) is 77.4 cm³/mol. The molecule has 2 aromatic rings. The van der Waals surface area contributed by atoms with Crippen molar-refractivity contribution in [1.29, 1.82) is 0 Å². The van der Waals surface area contributed by atoms with Crippen LogP contribution in [0.1, 0.15) is 11.1 Å². The molecule has 0 unspecified atom stereocenters. The highest BCUT2D eigenvalue weighted by Gasteiger charge is 2.07. The Balaban J connectivity index is 2.15. The van der Waals surface area contributed by atoms with E-state index in [4.69, 9.17) is 0 Å². The van der Waals surface area contributed by atoms with Crippen molar-refractivity contribution in [3.8, 4) is 0 Å². The molecule has 0 aliphatic carbocycles. The van der Waals surface area contributed by atoms with Gasteiger partial charge in [-0.3, -0.25) is 0 Å². The van der Waals surface area contributed by atoms with E-state index in [-0.39, 0.29) is 5.82 Å². The van der Waals surface area contributed by atoms with Gasteiger partial charge in [-0.15, -0.1) is 0 Å². The molecule has 0 heterocycles. The van der Waals surface area contributed by atoms with Crippen LogP contribution in [0.15, 0.2) is 46.9 Å².